The monoisotopic (exact) mass is 383 g/mol. The number of carbonyl (C=O) groups is 2. The molecule has 146 valence electrons. The highest BCUT2D eigenvalue weighted by molar-refractivity contribution is 5.81. The van der Waals surface area contributed by atoms with Gasteiger partial charge in [0.15, 0.2) is 0 Å². The van der Waals surface area contributed by atoms with E-state index in [0.717, 1.165) is 4.68 Å². The van der Waals surface area contributed by atoms with E-state index in [1.54, 1.807) is 38.4 Å². The lowest BCUT2D eigenvalue weighted by molar-refractivity contribution is -0.129. The average molecular weight is 383 g/mol. The van der Waals surface area contributed by atoms with Crippen molar-refractivity contribution in [3.63, 3.8) is 0 Å². The van der Waals surface area contributed by atoms with E-state index in [4.69, 9.17) is 11.0 Å². The Kier molecular flexibility index (Phi) is 5.28. The molecule has 1 aromatic carbocycles. The number of benzene rings is 1. The maximum Gasteiger partial charge on any atom is 0.346 e. The highest BCUT2D eigenvalue weighted by atomic mass is 16.2. The minimum atomic E-state index is -0.704. The molecule has 1 aliphatic rings. The second-order valence-electron chi connectivity index (χ2n) is 6.81. The first-order chi connectivity index (χ1) is 13.3. The summed E-state index contributed by atoms with van der Waals surface area (Å²) in [6, 6.07) is 7.99. The summed E-state index contributed by atoms with van der Waals surface area (Å²) >= 11 is 0. The van der Waals surface area contributed by atoms with Crippen LogP contribution in [0.25, 0.3) is 0 Å². The van der Waals surface area contributed by atoms with Crippen LogP contribution in [0.4, 0.5) is 0 Å². The van der Waals surface area contributed by atoms with Crippen LogP contribution in [0.2, 0.25) is 0 Å². The van der Waals surface area contributed by atoms with Crippen molar-refractivity contribution in [1.29, 1.82) is 5.26 Å². The van der Waals surface area contributed by atoms with Crippen LogP contribution in [-0.4, -0.2) is 56.6 Å². The van der Waals surface area contributed by atoms with Gasteiger partial charge in [0.2, 0.25) is 11.8 Å². The predicted octanol–water partition coefficient (Wildman–Crippen LogP) is -0.953. The molecule has 1 aromatic heterocycles. The number of primary amides is 1. The quantitative estimate of drug-likeness (QED) is 0.708. The van der Waals surface area contributed by atoms with Crippen LogP contribution >= 0.6 is 0 Å². The van der Waals surface area contributed by atoms with Crippen molar-refractivity contribution in [2.45, 2.75) is 25.7 Å². The van der Waals surface area contributed by atoms with Crippen molar-refractivity contribution < 1.29 is 9.59 Å². The van der Waals surface area contributed by atoms with E-state index in [-0.39, 0.29) is 24.7 Å². The van der Waals surface area contributed by atoms with Crippen LogP contribution in [0, 0.1) is 11.3 Å². The van der Waals surface area contributed by atoms with Gasteiger partial charge in [0.1, 0.15) is 18.4 Å². The molecule has 0 bridgehead atoms. The lowest BCUT2D eigenvalue weighted by atomic mass is 10.0. The van der Waals surface area contributed by atoms with Gasteiger partial charge in [0, 0.05) is 27.2 Å². The zero-order valence-electron chi connectivity index (χ0n) is 15.7. The van der Waals surface area contributed by atoms with Gasteiger partial charge >= 0.3 is 5.69 Å². The summed E-state index contributed by atoms with van der Waals surface area (Å²) in [5.74, 6) is -0.285. The van der Waals surface area contributed by atoms with Gasteiger partial charge in [0.25, 0.3) is 0 Å². The van der Waals surface area contributed by atoms with Crippen LogP contribution in [0.1, 0.15) is 23.0 Å². The molecule has 10 nitrogen and oxygen atoms in total. The third-order valence-corrected chi connectivity index (χ3v) is 4.73. The topological polar surface area (TPSA) is 130 Å². The molecule has 0 spiro atoms. The first-order valence-corrected chi connectivity index (χ1v) is 8.72. The number of nitrogens with zero attached hydrogens (tertiary/aromatic N) is 6. The second kappa shape index (κ2) is 7.66. The molecule has 0 radical (unpaired) electrons. The zero-order chi connectivity index (χ0) is 20.4. The predicted molar refractivity (Wildman–Crippen MR) is 98.7 cm³/mol. The summed E-state index contributed by atoms with van der Waals surface area (Å²) in [7, 11) is 3.22. The van der Waals surface area contributed by atoms with E-state index < -0.39 is 11.9 Å². The first kappa shape index (κ1) is 19.3. The van der Waals surface area contributed by atoms with E-state index in [1.807, 2.05) is 11.0 Å². The van der Waals surface area contributed by atoms with Gasteiger partial charge < -0.3 is 10.6 Å². The van der Waals surface area contributed by atoms with E-state index in [0.29, 0.717) is 30.0 Å². The highest BCUT2D eigenvalue weighted by Gasteiger charge is 2.31. The molecule has 1 aliphatic heterocycles. The maximum atomic E-state index is 12.5. The molecule has 0 aliphatic carbocycles. The number of nitriles is 1. The Balaban J connectivity index is 1.86. The third kappa shape index (κ3) is 3.65. The van der Waals surface area contributed by atoms with Crippen LogP contribution < -0.4 is 11.4 Å². The molecule has 2 heterocycles. The smallest absolute Gasteiger partial charge is 0.346 e. The van der Waals surface area contributed by atoms with Crippen molar-refractivity contribution in [3.8, 4) is 6.07 Å². The van der Waals surface area contributed by atoms with Crippen LogP contribution in [0.3, 0.4) is 0 Å². The van der Waals surface area contributed by atoms with Crippen LogP contribution in [-0.2, 0) is 29.2 Å². The van der Waals surface area contributed by atoms with Gasteiger partial charge in [-0.05, 0) is 17.7 Å². The number of likely N-dealkylation sites (N-methyl/N-ethyl adjacent to an activating group) is 1. The number of fused-ring (bicyclic) bond motifs is 1. The Bertz CT molecular complexity index is 998. The molecule has 2 amide bonds. The molecule has 1 unspecified atom stereocenters. The number of aromatic nitrogens is 3. The molecule has 10 heteroatoms. The van der Waals surface area contributed by atoms with Crippen molar-refractivity contribution >= 4 is 11.8 Å². The van der Waals surface area contributed by atoms with E-state index >= 15 is 0 Å². The van der Waals surface area contributed by atoms with Crippen LogP contribution in [0.5, 0.6) is 0 Å². The molecule has 2 aromatic rings. The lowest BCUT2D eigenvalue weighted by Crippen LogP contribution is -2.44. The molecule has 0 saturated carbocycles. The fraction of sp³-hybridized carbons (Fsp3) is 0.389. The Labute approximate surface area is 161 Å². The molecular weight excluding hydrogens is 362 g/mol. The van der Waals surface area contributed by atoms with Crippen molar-refractivity contribution in [2.75, 3.05) is 20.6 Å². The van der Waals surface area contributed by atoms with Crippen molar-refractivity contribution in [3.05, 3.63) is 51.7 Å². The minimum Gasteiger partial charge on any atom is -0.368 e. The van der Waals surface area contributed by atoms with Crippen molar-refractivity contribution in [1.82, 2.24) is 24.1 Å². The molecule has 1 atom stereocenters. The SMILES string of the molecule is CN(C)C(=O)Cn1nc2n(c1=O)CCN(C(C(N)=O)c1ccc(C#N)cc1)C2. The number of amides is 2. The normalized spacial score (nSPS) is 14.8. The van der Waals surface area contributed by atoms with Gasteiger partial charge in [-0.15, -0.1) is 0 Å². The average Bonchev–Trinajstić information content (AvgIpc) is 2.97. The number of hydrogen-bond acceptors (Lipinski definition) is 6. The third-order valence-electron chi connectivity index (χ3n) is 4.73. The lowest BCUT2D eigenvalue weighted by Gasteiger charge is -2.32. The van der Waals surface area contributed by atoms with Gasteiger partial charge in [-0.3, -0.25) is 19.1 Å². The summed E-state index contributed by atoms with van der Waals surface area (Å²) in [6.45, 7) is 0.866. The Hall–Kier alpha value is -3.45. The van der Waals surface area contributed by atoms with E-state index in [2.05, 4.69) is 5.10 Å². The fourth-order valence-electron chi connectivity index (χ4n) is 3.20. The standard InChI is InChI=1S/C18H21N7O3/c1-22(2)15(26)11-25-18(28)24-8-7-23(10-14(24)21-25)16(17(20)27)13-5-3-12(9-19)4-6-13/h3-6,16H,7-8,10-11H2,1-2H3,(H2,20,27). The molecule has 28 heavy (non-hydrogen) atoms. The summed E-state index contributed by atoms with van der Waals surface area (Å²) in [6.07, 6.45) is 0. The summed E-state index contributed by atoms with van der Waals surface area (Å²) < 4.78 is 2.65. The van der Waals surface area contributed by atoms with Crippen LogP contribution in [0.15, 0.2) is 29.1 Å². The van der Waals surface area contributed by atoms with Gasteiger partial charge in [-0.25, -0.2) is 9.48 Å². The number of hydrogen-bond donors (Lipinski definition) is 1. The second-order valence-corrected chi connectivity index (χ2v) is 6.81. The zero-order valence-corrected chi connectivity index (χ0v) is 15.7. The molecular formula is C18H21N7O3. The number of carbonyl (C=O) groups excluding carboxylic acids is 2. The maximum absolute atomic E-state index is 12.5. The molecule has 0 fully saturated rings. The Morgan fingerprint density at radius 1 is 1.29 bits per heavy atom. The fourth-order valence-corrected chi connectivity index (χ4v) is 3.20. The largest absolute Gasteiger partial charge is 0.368 e. The highest BCUT2D eigenvalue weighted by Crippen LogP contribution is 2.24. The number of rotatable bonds is 5. The summed E-state index contributed by atoms with van der Waals surface area (Å²) in [5, 5.41) is 13.2. The molecule has 3 rings (SSSR count). The van der Waals surface area contributed by atoms with E-state index in [9.17, 15) is 14.4 Å². The summed E-state index contributed by atoms with van der Waals surface area (Å²) in [5.41, 5.74) is 6.45. The summed E-state index contributed by atoms with van der Waals surface area (Å²) in [4.78, 5) is 39.7. The minimum absolute atomic E-state index is 0.138. The van der Waals surface area contributed by atoms with Gasteiger partial charge in [-0.1, -0.05) is 12.1 Å². The Morgan fingerprint density at radius 3 is 2.54 bits per heavy atom. The van der Waals surface area contributed by atoms with Crippen molar-refractivity contribution in [2.24, 2.45) is 5.73 Å². The molecule has 2 N–H and O–H groups in total. The molecule has 0 saturated heterocycles. The Morgan fingerprint density at radius 2 is 1.96 bits per heavy atom. The first-order valence-electron chi connectivity index (χ1n) is 8.72. The number of nitrogens with two attached hydrogens (primary N) is 1. The van der Waals surface area contributed by atoms with E-state index in [1.165, 1.54) is 9.47 Å². The van der Waals surface area contributed by atoms with Gasteiger partial charge in [0.05, 0.1) is 18.2 Å². The van der Waals surface area contributed by atoms with Gasteiger partial charge in [-0.2, -0.15) is 10.4 Å².